The Morgan fingerprint density at radius 1 is 1.42 bits per heavy atom. The summed E-state index contributed by atoms with van der Waals surface area (Å²) in [5.74, 6) is 0. The summed E-state index contributed by atoms with van der Waals surface area (Å²) in [4.78, 5) is 4.07. The fourth-order valence-corrected chi connectivity index (χ4v) is 0.771. The molecule has 0 fully saturated rings. The molecule has 0 unspecified atom stereocenters. The normalized spacial score (nSPS) is 13.5. The van der Waals surface area contributed by atoms with Gasteiger partial charge in [0.05, 0.1) is 5.70 Å². The van der Waals surface area contributed by atoms with Gasteiger partial charge in [0.15, 0.2) is 0 Å². The summed E-state index contributed by atoms with van der Waals surface area (Å²) in [5, 5.41) is 7.12. The number of allylic oxidation sites excluding steroid dienone is 4. The third-order valence-corrected chi connectivity index (χ3v) is 1.26. The summed E-state index contributed by atoms with van der Waals surface area (Å²) >= 11 is 0. The summed E-state index contributed by atoms with van der Waals surface area (Å²) < 4.78 is 0. The van der Waals surface area contributed by atoms with E-state index in [4.69, 9.17) is 5.41 Å². The average Bonchev–Trinajstić information content (AvgIpc) is 2.11. The van der Waals surface area contributed by atoms with Gasteiger partial charge in [0.2, 0.25) is 0 Å². The minimum absolute atomic E-state index is 0.727. The van der Waals surface area contributed by atoms with Crippen molar-refractivity contribution < 1.29 is 0 Å². The largest absolute Gasteiger partial charge is 0.308 e. The van der Waals surface area contributed by atoms with Crippen molar-refractivity contribution in [2.75, 3.05) is 0 Å². The number of hydrogen-bond donors (Lipinski definition) is 1. The first kappa shape index (κ1) is 10.6. The highest BCUT2D eigenvalue weighted by Crippen LogP contribution is 2.06. The number of aliphatic imine (C=N–C) groups is 1. The van der Waals surface area contributed by atoms with Crippen LogP contribution in [0, 0.1) is 5.41 Å². The van der Waals surface area contributed by atoms with Crippen LogP contribution in [0.3, 0.4) is 0 Å². The maximum Gasteiger partial charge on any atom is 0.0707 e. The number of rotatable bonds is 4. The molecule has 0 aromatic heterocycles. The van der Waals surface area contributed by atoms with Gasteiger partial charge in [-0.1, -0.05) is 18.7 Å². The zero-order valence-corrected chi connectivity index (χ0v) is 7.54. The molecule has 0 radical (unpaired) electrons. The van der Waals surface area contributed by atoms with Crippen LogP contribution in [0.5, 0.6) is 0 Å². The average molecular weight is 162 g/mol. The van der Waals surface area contributed by atoms with E-state index in [0.29, 0.717) is 0 Å². The van der Waals surface area contributed by atoms with Crippen molar-refractivity contribution >= 4 is 12.4 Å². The second-order valence-electron chi connectivity index (χ2n) is 2.08. The third kappa shape index (κ3) is 3.10. The van der Waals surface area contributed by atoms with E-state index >= 15 is 0 Å². The highest BCUT2D eigenvalue weighted by Gasteiger charge is 1.93. The SMILES string of the molecule is C=C/C(N=CC)=C(C=N)/C=C\C. The van der Waals surface area contributed by atoms with E-state index in [1.54, 1.807) is 12.3 Å². The monoisotopic (exact) mass is 162 g/mol. The molecule has 0 atom stereocenters. The summed E-state index contributed by atoms with van der Waals surface area (Å²) in [6.07, 6.45) is 8.29. The van der Waals surface area contributed by atoms with Crippen molar-refractivity contribution in [2.24, 2.45) is 4.99 Å². The fraction of sp³-hybridized carbons (Fsp3) is 0.200. The topological polar surface area (TPSA) is 36.2 Å². The Balaban J connectivity index is 4.98. The van der Waals surface area contributed by atoms with Crippen LogP contribution in [-0.2, 0) is 0 Å². The summed E-state index contributed by atoms with van der Waals surface area (Å²) in [6, 6.07) is 0. The van der Waals surface area contributed by atoms with Crippen LogP contribution < -0.4 is 0 Å². The van der Waals surface area contributed by atoms with Crippen molar-refractivity contribution in [3.63, 3.8) is 0 Å². The first-order chi connectivity index (χ1) is 5.79. The van der Waals surface area contributed by atoms with Gasteiger partial charge in [-0.25, -0.2) is 0 Å². The minimum Gasteiger partial charge on any atom is -0.308 e. The molecule has 2 heteroatoms. The van der Waals surface area contributed by atoms with Gasteiger partial charge in [0.1, 0.15) is 0 Å². The molecular weight excluding hydrogens is 148 g/mol. The van der Waals surface area contributed by atoms with Gasteiger partial charge in [-0.05, 0) is 19.9 Å². The van der Waals surface area contributed by atoms with Gasteiger partial charge in [0.25, 0.3) is 0 Å². The highest BCUT2D eigenvalue weighted by atomic mass is 14.7. The second kappa shape index (κ2) is 6.28. The molecule has 0 aromatic carbocycles. The first-order valence-electron chi connectivity index (χ1n) is 3.78. The van der Waals surface area contributed by atoms with Gasteiger partial charge in [0, 0.05) is 18.0 Å². The molecule has 0 spiro atoms. The Labute approximate surface area is 73.5 Å². The summed E-state index contributed by atoms with van der Waals surface area (Å²) in [7, 11) is 0. The molecule has 0 heterocycles. The van der Waals surface area contributed by atoms with Crippen LogP contribution >= 0.6 is 0 Å². The van der Waals surface area contributed by atoms with Crippen molar-refractivity contribution in [3.8, 4) is 0 Å². The fourth-order valence-electron chi connectivity index (χ4n) is 0.771. The lowest BCUT2D eigenvalue weighted by molar-refractivity contribution is 1.38. The lowest BCUT2D eigenvalue weighted by Gasteiger charge is -1.96. The van der Waals surface area contributed by atoms with Crippen LogP contribution in [0.25, 0.3) is 0 Å². The molecule has 64 valence electrons. The second-order valence-corrected chi connectivity index (χ2v) is 2.08. The summed E-state index contributed by atoms with van der Waals surface area (Å²) in [5.41, 5.74) is 1.50. The molecule has 0 saturated heterocycles. The molecular formula is C10H14N2. The smallest absolute Gasteiger partial charge is 0.0707 e. The Hall–Kier alpha value is -1.44. The lowest BCUT2D eigenvalue weighted by atomic mass is 10.2. The first-order valence-corrected chi connectivity index (χ1v) is 3.78. The van der Waals surface area contributed by atoms with Crippen molar-refractivity contribution in [2.45, 2.75) is 13.8 Å². The maximum absolute atomic E-state index is 7.12. The molecule has 0 aliphatic heterocycles. The molecule has 2 nitrogen and oxygen atoms in total. The number of nitrogens with zero attached hydrogens (tertiary/aromatic N) is 1. The Morgan fingerprint density at radius 3 is 2.42 bits per heavy atom. The molecule has 0 aromatic rings. The van der Waals surface area contributed by atoms with Gasteiger partial charge in [-0.15, -0.1) is 0 Å². The van der Waals surface area contributed by atoms with Crippen molar-refractivity contribution in [1.29, 1.82) is 5.41 Å². The van der Waals surface area contributed by atoms with Gasteiger partial charge in [-0.3, -0.25) is 4.99 Å². The van der Waals surface area contributed by atoms with Crippen LogP contribution in [-0.4, -0.2) is 12.4 Å². The van der Waals surface area contributed by atoms with E-state index in [9.17, 15) is 0 Å². The Bertz CT molecular complexity index is 219. The van der Waals surface area contributed by atoms with Crippen LogP contribution in [0.2, 0.25) is 0 Å². The van der Waals surface area contributed by atoms with Crippen molar-refractivity contribution in [3.05, 3.63) is 36.1 Å². The number of nitrogens with one attached hydrogen (secondary N) is 1. The molecule has 1 N–H and O–H groups in total. The molecule has 0 bridgehead atoms. The van der Waals surface area contributed by atoms with E-state index in [2.05, 4.69) is 11.6 Å². The molecule has 0 saturated carbocycles. The highest BCUT2D eigenvalue weighted by molar-refractivity contribution is 5.82. The molecule has 0 aliphatic carbocycles. The summed E-state index contributed by atoms with van der Waals surface area (Å²) in [6.45, 7) is 7.36. The molecule has 0 rings (SSSR count). The van der Waals surface area contributed by atoms with Gasteiger partial charge < -0.3 is 5.41 Å². The van der Waals surface area contributed by atoms with E-state index in [1.807, 2.05) is 26.0 Å². The van der Waals surface area contributed by atoms with Gasteiger partial charge in [-0.2, -0.15) is 0 Å². The van der Waals surface area contributed by atoms with Crippen molar-refractivity contribution in [1.82, 2.24) is 0 Å². The van der Waals surface area contributed by atoms with Gasteiger partial charge >= 0.3 is 0 Å². The zero-order chi connectivity index (χ0) is 9.40. The van der Waals surface area contributed by atoms with E-state index < -0.39 is 0 Å². The zero-order valence-electron chi connectivity index (χ0n) is 7.54. The maximum atomic E-state index is 7.12. The van der Waals surface area contributed by atoms with Crippen LogP contribution in [0.1, 0.15) is 13.8 Å². The molecule has 0 amide bonds. The molecule has 12 heavy (non-hydrogen) atoms. The minimum atomic E-state index is 0.727. The van der Waals surface area contributed by atoms with Crippen LogP contribution in [0.15, 0.2) is 41.1 Å². The number of hydrogen-bond acceptors (Lipinski definition) is 2. The third-order valence-electron chi connectivity index (χ3n) is 1.26. The predicted octanol–water partition coefficient (Wildman–Crippen LogP) is 2.74. The van der Waals surface area contributed by atoms with E-state index in [-0.39, 0.29) is 0 Å². The van der Waals surface area contributed by atoms with E-state index in [0.717, 1.165) is 11.3 Å². The van der Waals surface area contributed by atoms with Crippen LogP contribution in [0.4, 0.5) is 0 Å². The lowest BCUT2D eigenvalue weighted by Crippen LogP contribution is -1.84. The quantitative estimate of drug-likeness (QED) is 0.487. The van der Waals surface area contributed by atoms with E-state index in [1.165, 1.54) is 6.21 Å². The predicted molar refractivity (Wildman–Crippen MR) is 55.0 cm³/mol. The Morgan fingerprint density at radius 2 is 2.08 bits per heavy atom. The molecule has 0 aliphatic rings. The standard InChI is InChI=1S/C10H14N2/c1-4-7-9(8-11)10(5-2)12-6-3/h4-8,11H,2H2,1,3H3/b7-4-,10-9+,11-8?,12-6?. The Kier molecular flexibility index (Phi) is 5.53.